The molecule has 134 valence electrons. The zero-order valence-electron chi connectivity index (χ0n) is 14.8. The molecule has 1 N–H and O–H groups in total. The second-order valence-corrected chi connectivity index (χ2v) is 5.70. The molecule has 0 aliphatic rings. The summed E-state index contributed by atoms with van der Waals surface area (Å²) in [7, 11) is 3.08. The molecule has 2 aromatic rings. The largest absolute Gasteiger partial charge is 0.497 e. The predicted octanol–water partition coefficient (Wildman–Crippen LogP) is 3.90. The Morgan fingerprint density at radius 2 is 1.88 bits per heavy atom. The molecular formula is C20H24O5. The number of carboxylic acid groups (broad SMARTS) is 1. The number of aliphatic carboxylic acids is 1. The second kappa shape index (κ2) is 8.97. The van der Waals surface area contributed by atoms with Gasteiger partial charge in [-0.3, -0.25) is 4.79 Å². The van der Waals surface area contributed by atoms with Crippen LogP contribution in [-0.4, -0.2) is 31.9 Å². The molecule has 0 aliphatic heterocycles. The van der Waals surface area contributed by atoms with Crippen molar-refractivity contribution >= 4 is 5.97 Å². The molecule has 1 unspecified atom stereocenters. The topological polar surface area (TPSA) is 65.0 Å². The first kappa shape index (κ1) is 18.6. The van der Waals surface area contributed by atoms with E-state index in [1.165, 1.54) is 7.11 Å². The summed E-state index contributed by atoms with van der Waals surface area (Å²) in [6.45, 7) is 2.68. The number of ether oxygens (including phenoxy) is 3. The van der Waals surface area contributed by atoms with Crippen LogP contribution in [-0.2, 0) is 11.2 Å². The summed E-state index contributed by atoms with van der Waals surface area (Å²) in [5.74, 6) is 0.229. The van der Waals surface area contributed by atoms with Crippen molar-refractivity contribution in [2.24, 2.45) is 0 Å². The molecule has 0 aliphatic carbocycles. The highest BCUT2D eigenvalue weighted by atomic mass is 16.5. The number of rotatable bonds is 9. The van der Waals surface area contributed by atoms with E-state index >= 15 is 0 Å². The fraction of sp³-hybridized carbons (Fsp3) is 0.350. The van der Waals surface area contributed by atoms with Crippen molar-refractivity contribution in [3.05, 3.63) is 53.6 Å². The summed E-state index contributed by atoms with van der Waals surface area (Å²) >= 11 is 0. The van der Waals surface area contributed by atoms with Gasteiger partial charge < -0.3 is 19.3 Å². The van der Waals surface area contributed by atoms with E-state index in [4.69, 9.17) is 14.2 Å². The molecule has 2 rings (SSSR count). The standard InChI is InChI=1S/C20H24O5/c1-4-10-25-16-7-5-6-14(11-16)12-18(20(21)22)17-13-15(23-2)8-9-19(17)24-3/h5-9,11,13,18H,4,10,12H2,1-3H3,(H,21,22). The van der Waals surface area contributed by atoms with Crippen molar-refractivity contribution in [1.82, 2.24) is 0 Å². The van der Waals surface area contributed by atoms with Crippen molar-refractivity contribution in [1.29, 1.82) is 0 Å². The number of hydrogen-bond donors (Lipinski definition) is 1. The zero-order valence-corrected chi connectivity index (χ0v) is 14.8. The summed E-state index contributed by atoms with van der Waals surface area (Å²) < 4.78 is 16.2. The van der Waals surface area contributed by atoms with Gasteiger partial charge in [0, 0.05) is 5.56 Å². The quantitative estimate of drug-likeness (QED) is 0.747. The van der Waals surface area contributed by atoms with Gasteiger partial charge in [0.25, 0.3) is 0 Å². The first-order valence-corrected chi connectivity index (χ1v) is 8.25. The molecule has 5 nitrogen and oxygen atoms in total. The second-order valence-electron chi connectivity index (χ2n) is 5.70. The predicted molar refractivity (Wildman–Crippen MR) is 95.9 cm³/mol. The van der Waals surface area contributed by atoms with Crippen molar-refractivity contribution < 1.29 is 24.1 Å². The first-order chi connectivity index (χ1) is 12.1. The van der Waals surface area contributed by atoms with Gasteiger partial charge in [-0.05, 0) is 48.7 Å². The molecule has 0 fully saturated rings. The van der Waals surface area contributed by atoms with Crippen LogP contribution >= 0.6 is 0 Å². The molecule has 1 atom stereocenters. The Kier molecular flexibility index (Phi) is 6.69. The third kappa shape index (κ3) is 4.89. The van der Waals surface area contributed by atoms with Gasteiger partial charge in [-0.25, -0.2) is 0 Å². The lowest BCUT2D eigenvalue weighted by Crippen LogP contribution is -2.15. The Morgan fingerprint density at radius 1 is 1.08 bits per heavy atom. The molecule has 0 aromatic heterocycles. The molecular weight excluding hydrogens is 320 g/mol. The van der Waals surface area contributed by atoms with Gasteiger partial charge >= 0.3 is 5.97 Å². The van der Waals surface area contributed by atoms with Gasteiger partial charge in [-0.15, -0.1) is 0 Å². The smallest absolute Gasteiger partial charge is 0.311 e. The summed E-state index contributed by atoms with van der Waals surface area (Å²) in [4.78, 5) is 11.9. The molecule has 0 bridgehead atoms. The van der Waals surface area contributed by atoms with E-state index in [0.29, 0.717) is 30.1 Å². The minimum atomic E-state index is -0.911. The van der Waals surface area contributed by atoms with E-state index in [9.17, 15) is 9.90 Å². The van der Waals surface area contributed by atoms with E-state index in [1.807, 2.05) is 31.2 Å². The third-order valence-corrected chi connectivity index (χ3v) is 3.92. The molecule has 5 heteroatoms. The normalized spacial score (nSPS) is 11.6. The molecule has 0 radical (unpaired) electrons. The van der Waals surface area contributed by atoms with Crippen LogP contribution in [0.15, 0.2) is 42.5 Å². The Balaban J connectivity index is 2.32. The molecule has 0 spiro atoms. The lowest BCUT2D eigenvalue weighted by molar-refractivity contribution is -0.138. The Morgan fingerprint density at radius 3 is 2.52 bits per heavy atom. The highest BCUT2D eigenvalue weighted by Gasteiger charge is 2.24. The molecule has 25 heavy (non-hydrogen) atoms. The Labute approximate surface area is 148 Å². The lowest BCUT2D eigenvalue weighted by atomic mass is 9.91. The highest BCUT2D eigenvalue weighted by Crippen LogP contribution is 2.33. The first-order valence-electron chi connectivity index (χ1n) is 8.25. The monoisotopic (exact) mass is 344 g/mol. The molecule has 0 saturated carbocycles. The highest BCUT2D eigenvalue weighted by molar-refractivity contribution is 5.78. The lowest BCUT2D eigenvalue weighted by Gasteiger charge is -2.18. The summed E-state index contributed by atoms with van der Waals surface area (Å²) in [5.41, 5.74) is 1.49. The van der Waals surface area contributed by atoms with Crippen molar-refractivity contribution in [3.63, 3.8) is 0 Å². The Hall–Kier alpha value is -2.69. The van der Waals surface area contributed by atoms with E-state index in [1.54, 1.807) is 25.3 Å². The van der Waals surface area contributed by atoms with E-state index < -0.39 is 11.9 Å². The van der Waals surface area contributed by atoms with Crippen molar-refractivity contribution in [2.45, 2.75) is 25.7 Å². The molecule has 0 heterocycles. The SMILES string of the molecule is CCCOc1cccc(CC(C(=O)O)c2cc(OC)ccc2OC)c1. The molecule has 2 aromatic carbocycles. The van der Waals surface area contributed by atoms with Crippen molar-refractivity contribution in [2.75, 3.05) is 20.8 Å². The van der Waals surface area contributed by atoms with E-state index in [-0.39, 0.29) is 0 Å². The third-order valence-electron chi connectivity index (χ3n) is 3.92. The maximum Gasteiger partial charge on any atom is 0.311 e. The van der Waals surface area contributed by atoms with Crippen LogP contribution in [0.2, 0.25) is 0 Å². The minimum absolute atomic E-state index is 0.336. The van der Waals surface area contributed by atoms with Crippen LogP contribution < -0.4 is 14.2 Å². The maximum absolute atomic E-state index is 11.9. The number of methoxy groups -OCH3 is 2. The average Bonchev–Trinajstić information content (AvgIpc) is 2.64. The zero-order chi connectivity index (χ0) is 18.2. The minimum Gasteiger partial charge on any atom is -0.497 e. The van der Waals surface area contributed by atoms with Crippen LogP contribution in [0.5, 0.6) is 17.2 Å². The van der Waals surface area contributed by atoms with Gasteiger partial charge in [-0.1, -0.05) is 19.1 Å². The van der Waals surface area contributed by atoms with Gasteiger partial charge in [0.2, 0.25) is 0 Å². The Bertz CT molecular complexity index is 711. The van der Waals surface area contributed by atoms with Gasteiger partial charge in [0.1, 0.15) is 17.2 Å². The number of benzene rings is 2. The fourth-order valence-corrected chi connectivity index (χ4v) is 2.66. The number of carboxylic acids is 1. The van der Waals surface area contributed by atoms with E-state index in [0.717, 1.165) is 17.7 Å². The number of hydrogen-bond acceptors (Lipinski definition) is 4. The van der Waals surface area contributed by atoms with Crippen LogP contribution in [0.3, 0.4) is 0 Å². The van der Waals surface area contributed by atoms with Crippen LogP contribution in [0.25, 0.3) is 0 Å². The molecule has 0 amide bonds. The van der Waals surface area contributed by atoms with Gasteiger partial charge in [0.05, 0.1) is 26.7 Å². The number of carbonyl (C=O) groups is 1. The average molecular weight is 344 g/mol. The summed E-state index contributed by atoms with van der Waals surface area (Å²) in [6, 6.07) is 12.7. The van der Waals surface area contributed by atoms with Crippen molar-refractivity contribution in [3.8, 4) is 17.2 Å². The van der Waals surface area contributed by atoms with Gasteiger partial charge in [-0.2, -0.15) is 0 Å². The van der Waals surface area contributed by atoms with E-state index in [2.05, 4.69) is 0 Å². The maximum atomic E-state index is 11.9. The molecule has 0 saturated heterocycles. The summed E-state index contributed by atoms with van der Waals surface area (Å²) in [5, 5.41) is 9.75. The van der Waals surface area contributed by atoms with Crippen LogP contribution in [0.1, 0.15) is 30.4 Å². The van der Waals surface area contributed by atoms with Crippen LogP contribution in [0, 0.1) is 0 Å². The summed E-state index contributed by atoms with van der Waals surface area (Å²) in [6.07, 6.45) is 1.26. The van der Waals surface area contributed by atoms with Crippen LogP contribution in [0.4, 0.5) is 0 Å². The van der Waals surface area contributed by atoms with Gasteiger partial charge in [0.15, 0.2) is 0 Å². The fourth-order valence-electron chi connectivity index (χ4n) is 2.66.